The van der Waals surface area contributed by atoms with Crippen molar-refractivity contribution in [1.29, 1.82) is 0 Å². The molecule has 1 saturated heterocycles. The van der Waals surface area contributed by atoms with E-state index in [-0.39, 0.29) is 17.4 Å². The van der Waals surface area contributed by atoms with Gasteiger partial charge in [0.2, 0.25) is 5.91 Å². The first kappa shape index (κ1) is 18.7. The summed E-state index contributed by atoms with van der Waals surface area (Å²) in [7, 11) is 0. The minimum absolute atomic E-state index is 0.0293. The molecule has 4 bridgehead atoms. The van der Waals surface area contributed by atoms with Crippen molar-refractivity contribution in [3.63, 3.8) is 0 Å². The van der Waals surface area contributed by atoms with E-state index in [1.165, 1.54) is 19.3 Å². The van der Waals surface area contributed by atoms with Crippen LogP contribution in [-0.2, 0) is 4.79 Å². The number of carbonyl (C=O) groups excluding carboxylic acids is 2. The van der Waals surface area contributed by atoms with E-state index < -0.39 is 0 Å². The van der Waals surface area contributed by atoms with Crippen LogP contribution in [0.15, 0.2) is 28.7 Å². The summed E-state index contributed by atoms with van der Waals surface area (Å²) in [4.78, 5) is 28.2. The first-order valence-electron chi connectivity index (χ1n) is 10.9. The molecule has 0 unspecified atom stereocenters. The van der Waals surface area contributed by atoms with Crippen molar-refractivity contribution in [2.45, 2.75) is 57.4 Å². The number of hydrogen-bond acceptors (Lipinski definition) is 2. The van der Waals surface area contributed by atoms with Gasteiger partial charge in [0, 0.05) is 23.6 Å². The number of nitrogens with zero attached hydrogens (tertiary/aromatic N) is 1. The van der Waals surface area contributed by atoms with E-state index in [0.717, 1.165) is 67.4 Å². The van der Waals surface area contributed by atoms with Gasteiger partial charge >= 0.3 is 0 Å². The highest BCUT2D eigenvalue weighted by Gasteiger charge is 2.55. The number of piperidine rings is 1. The average Bonchev–Trinajstić information content (AvgIpc) is 2.67. The summed E-state index contributed by atoms with van der Waals surface area (Å²) in [6.45, 7) is 1.56. The lowest BCUT2D eigenvalue weighted by Crippen LogP contribution is -2.56. The predicted molar refractivity (Wildman–Crippen MR) is 112 cm³/mol. The molecule has 4 aliphatic carbocycles. The second-order valence-corrected chi connectivity index (χ2v) is 10.6. The van der Waals surface area contributed by atoms with Crippen LogP contribution in [0.5, 0.6) is 0 Å². The van der Waals surface area contributed by atoms with Gasteiger partial charge in [0.05, 0.1) is 11.0 Å². The van der Waals surface area contributed by atoms with Gasteiger partial charge in [-0.15, -0.1) is 0 Å². The molecule has 5 fully saturated rings. The number of benzene rings is 1. The molecule has 0 atom stereocenters. The van der Waals surface area contributed by atoms with Gasteiger partial charge in [0.25, 0.3) is 5.91 Å². The minimum Gasteiger partial charge on any atom is -0.349 e. The monoisotopic (exact) mass is 444 g/mol. The van der Waals surface area contributed by atoms with Gasteiger partial charge in [0.15, 0.2) is 0 Å². The molecule has 0 spiro atoms. The van der Waals surface area contributed by atoms with Crippen LogP contribution in [0.1, 0.15) is 61.7 Å². The lowest BCUT2D eigenvalue weighted by molar-refractivity contribution is -0.158. The minimum atomic E-state index is -0.0419. The smallest absolute Gasteiger partial charge is 0.252 e. The van der Waals surface area contributed by atoms with Gasteiger partial charge in [-0.3, -0.25) is 9.59 Å². The number of halogens is 1. The zero-order chi connectivity index (χ0) is 19.3. The molecule has 0 radical (unpaired) electrons. The standard InChI is InChI=1S/C23H29BrN2O2/c24-20-4-2-1-3-19(20)21(27)25-18-5-7-26(8-6-18)22(28)23-12-15-9-16(13-23)11-17(10-15)14-23/h1-4,15-18H,5-14H2,(H,25,27). The third-order valence-corrected chi connectivity index (χ3v) is 8.42. The molecule has 28 heavy (non-hydrogen) atoms. The molecule has 1 aromatic carbocycles. The Morgan fingerprint density at radius 3 is 2.11 bits per heavy atom. The normalized spacial score (nSPS) is 34.5. The molecule has 5 aliphatic rings. The summed E-state index contributed by atoms with van der Waals surface area (Å²) in [5.74, 6) is 2.81. The number of hydrogen-bond donors (Lipinski definition) is 1. The van der Waals surface area contributed by atoms with Crippen molar-refractivity contribution in [1.82, 2.24) is 10.2 Å². The molecule has 0 aromatic heterocycles. The van der Waals surface area contributed by atoms with Gasteiger partial charge in [-0.05, 0) is 97.2 Å². The fraction of sp³-hybridized carbons (Fsp3) is 0.652. The molecule has 150 valence electrons. The maximum Gasteiger partial charge on any atom is 0.252 e. The summed E-state index contributed by atoms with van der Waals surface area (Å²) in [6, 6.07) is 7.68. The molecule has 1 aromatic rings. The summed E-state index contributed by atoms with van der Waals surface area (Å²) >= 11 is 3.45. The van der Waals surface area contributed by atoms with Crippen molar-refractivity contribution in [2.75, 3.05) is 13.1 Å². The average molecular weight is 445 g/mol. The Kier molecular flexibility index (Phi) is 4.77. The molecule has 4 saturated carbocycles. The molecule has 1 N–H and O–H groups in total. The number of amides is 2. The third-order valence-electron chi connectivity index (χ3n) is 7.73. The fourth-order valence-electron chi connectivity index (χ4n) is 6.84. The van der Waals surface area contributed by atoms with Crippen LogP contribution in [0.4, 0.5) is 0 Å². The Balaban J connectivity index is 1.19. The second-order valence-electron chi connectivity index (χ2n) is 9.72. The summed E-state index contributed by atoms with van der Waals surface area (Å²) in [5.41, 5.74) is 0.634. The van der Waals surface area contributed by atoms with E-state index in [9.17, 15) is 9.59 Å². The first-order chi connectivity index (χ1) is 13.5. The van der Waals surface area contributed by atoms with Crippen LogP contribution in [-0.4, -0.2) is 35.8 Å². The molecule has 4 nitrogen and oxygen atoms in total. The molecular formula is C23H29BrN2O2. The van der Waals surface area contributed by atoms with Gasteiger partial charge in [0.1, 0.15) is 0 Å². The van der Waals surface area contributed by atoms with Crippen molar-refractivity contribution in [3.8, 4) is 0 Å². The summed E-state index contributed by atoms with van der Waals surface area (Å²) < 4.78 is 0.821. The van der Waals surface area contributed by atoms with Crippen LogP contribution in [0.25, 0.3) is 0 Å². The van der Waals surface area contributed by atoms with Crippen molar-refractivity contribution < 1.29 is 9.59 Å². The number of carbonyl (C=O) groups is 2. The zero-order valence-corrected chi connectivity index (χ0v) is 17.9. The van der Waals surface area contributed by atoms with Crippen molar-refractivity contribution in [3.05, 3.63) is 34.3 Å². The van der Waals surface area contributed by atoms with Crippen molar-refractivity contribution >= 4 is 27.7 Å². The number of nitrogens with one attached hydrogen (secondary N) is 1. The summed E-state index contributed by atoms with van der Waals surface area (Å²) in [6.07, 6.45) is 9.23. The van der Waals surface area contributed by atoms with Crippen molar-refractivity contribution in [2.24, 2.45) is 23.2 Å². The second kappa shape index (κ2) is 7.16. The van der Waals surface area contributed by atoms with Gasteiger partial charge in [-0.2, -0.15) is 0 Å². The van der Waals surface area contributed by atoms with Gasteiger partial charge in [-0.1, -0.05) is 12.1 Å². The Morgan fingerprint density at radius 2 is 1.54 bits per heavy atom. The largest absolute Gasteiger partial charge is 0.349 e. The van der Waals surface area contributed by atoms with E-state index >= 15 is 0 Å². The highest BCUT2D eigenvalue weighted by molar-refractivity contribution is 9.10. The Labute approximate surface area is 175 Å². The molecule has 1 aliphatic heterocycles. The fourth-order valence-corrected chi connectivity index (χ4v) is 7.31. The quantitative estimate of drug-likeness (QED) is 0.751. The molecule has 1 heterocycles. The Bertz CT molecular complexity index is 749. The molecule has 2 amide bonds. The third kappa shape index (κ3) is 3.30. The van der Waals surface area contributed by atoms with E-state index in [1.54, 1.807) is 0 Å². The van der Waals surface area contributed by atoms with Gasteiger partial charge < -0.3 is 10.2 Å². The first-order valence-corrected chi connectivity index (χ1v) is 11.7. The zero-order valence-electron chi connectivity index (χ0n) is 16.3. The van der Waals surface area contributed by atoms with Crippen LogP contribution in [0.3, 0.4) is 0 Å². The van der Waals surface area contributed by atoms with Crippen LogP contribution >= 0.6 is 15.9 Å². The maximum absolute atomic E-state index is 13.5. The van der Waals surface area contributed by atoms with E-state index in [4.69, 9.17) is 0 Å². The van der Waals surface area contributed by atoms with E-state index in [0.29, 0.717) is 11.5 Å². The summed E-state index contributed by atoms with van der Waals surface area (Å²) in [5, 5.41) is 3.16. The number of likely N-dealkylation sites (tertiary alicyclic amines) is 1. The molecule has 5 heteroatoms. The van der Waals surface area contributed by atoms with E-state index in [1.807, 2.05) is 24.3 Å². The maximum atomic E-state index is 13.5. The van der Waals surface area contributed by atoms with Crippen LogP contribution < -0.4 is 5.32 Å². The number of rotatable bonds is 3. The van der Waals surface area contributed by atoms with Gasteiger partial charge in [-0.25, -0.2) is 0 Å². The highest BCUT2D eigenvalue weighted by atomic mass is 79.9. The molecule has 6 rings (SSSR count). The van der Waals surface area contributed by atoms with Crippen LogP contribution in [0, 0.1) is 23.2 Å². The Morgan fingerprint density at radius 1 is 0.964 bits per heavy atom. The van der Waals surface area contributed by atoms with E-state index in [2.05, 4.69) is 26.1 Å². The topological polar surface area (TPSA) is 49.4 Å². The molecular weight excluding hydrogens is 416 g/mol. The van der Waals surface area contributed by atoms with Crippen LogP contribution in [0.2, 0.25) is 0 Å². The highest BCUT2D eigenvalue weighted by Crippen LogP contribution is 2.60. The lowest BCUT2D eigenvalue weighted by atomic mass is 9.49. The SMILES string of the molecule is O=C(NC1CCN(C(=O)C23CC4CC(CC(C4)C2)C3)CC1)c1ccccc1Br. The Hall–Kier alpha value is -1.36. The predicted octanol–water partition coefficient (Wildman–Crippen LogP) is 4.39. The lowest BCUT2D eigenvalue weighted by Gasteiger charge is -2.57.